The molecule has 0 amide bonds. The van der Waals surface area contributed by atoms with E-state index >= 15 is 0 Å². The largest absolute Gasteiger partial charge is 0.457 e. The van der Waals surface area contributed by atoms with Gasteiger partial charge in [0, 0.05) is 19.3 Å². The summed E-state index contributed by atoms with van der Waals surface area (Å²) in [7, 11) is -1.57. The van der Waals surface area contributed by atoms with Crippen molar-refractivity contribution in [2.24, 2.45) is 0 Å². The van der Waals surface area contributed by atoms with Crippen molar-refractivity contribution in [1.82, 2.24) is 0 Å². The predicted octanol–water partition coefficient (Wildman–Crippen LogP) is 3.16. The Hall–Kier alpha value is -0.653. The summed E-state index contributed by atoms with van der Waals surface area (Å²) in [6.07, 6.45) is 6.03. The molecule has 5 heteroatoms. The maximum absolute atomic E-state index is 11.3. The molecule has 0 aliphatic carbocycles. The quantitative estimate of drug-likeness (QED) is 0.239. The summed E-state index contributed by atoms with van der Waals surface area (Å²) in [5.74, 6) is -0.410. The number of ether oxygens (including phenoxy) is 1. The molecular formula is C14H27O4Si. The summed E-state index contributed by atoms with van der Waals surface area (Å²) in [5.41, 5.74) is -0.274. The van der Waals surface area contributed by atoms with Crippen LogP contribution >= 0.6 is 0 Å². The zero-order valence-electron chi connectivity index (χ0n) is 12.4. The van der Waals surface area contributed by atoms with Crippen molar-refractivity contribution in [3.05, 3.63) is 12.7 Å². The average Bonchev–Trinajstić information content (AvgIpc) is 2.43. The fourth-order valence-electron chi connectivity index (χ4n) is 1.35. The third-order valence-corrected chi connectivity index (χ3v) is 4.57. The van der Waals surface area contributed by atoms with E-state index in [0.717, 1.165) is 25.7 Å². The highest BCUT2D eigenvalue weighted by atomic mass is 28.3. The first-order valence-corrected chi connectivity index (χ1v) is 8.54. The van der Waals surface area contributed by atoms with E-state index in [1.165, 1.54) is 6.08 Å². The van der Waals surface area contributed by atoms with Crippen LogP contribution in [0.5, 0.6) is 0 Å². The number of carbonyl (C=O) groups is 1. The van der Waals surface area contributed by atoms with Gasteiger partial charge in [0.25, 0.3) is 0 Å². The lowest BCUT2D eigenvalue weighted by Crippen LogP contribution is -2.40. The van der Waals surface area contributed by atoms with Gasteiger partial charge in [-0.1, -0.05) is 40.2 Å². The van der Waals surface area contributed by atoms with Crippen LogP contribution in [0, 0.1) is 0 Å². The monoisotopic (exact) mass is 287 g/mol. The molecule has 0 N–H and O–H groups in total. The van der Waals surface area contributed by atoms with Gasteiger partial charge < -0.3 is 13.6 Å². The van der Waals surface area contributed by atoms with Gasteiger partial charge in [-0.25, -0.2) is 4.79 Å². The minimum atomic E-state index is -1.57. The Morgan fingerprint density at radius 2 is 1.68 bits per heavy atom. The summed E-state index contributed by atoms with van der Waals surface area (Å²) in [6.45, 7) is 10.9. The smallest absolute Gasteiger partial charge is 0.429 e. The normalized spacial score (nSPS) is 12.4. The van der Waals surface area contributed by atoms with E-state index in [1.807, 2.05) is 6.92 Å². The molecule has 111 valence electrons. The van der Waals surface area contributed by atoms with Crippen molar-refractivity contribution in [2.45, 2.75) is 58.6 Å². The summed E-state index contributed by atoms with van der Waals surface area (Å²) in [4.78, 5) is 11.3. The first kappa shape index (κ1) is 18.3. The Kier molecular flexibility index (Phi) is 12.0. The van der Waals surface area contributed by atoms with Crippen molar-refractivity contribution in [3.8, 4) is 0 Å². The van der Waals surface area contributed by atoms with Gasteiger partial charge in [0.05, 0.1) is 0 Å². The fourth-order valence-corrected chi connectivity index (χ4v) is 3.04. The molecule has 0 fully saturated rings. The van der Waals surface area contributed by atoms with Crippen molar-refractivity contribution < 1.29 is 18.4 Å². The third kappa shape index (κ3) is 8.97. The van der Waals surface area contributed by atoms with Crippen LogP contribution in [0.2, 0.25) is 0 Å². The highest BCUT2D eigenvalue weighted by Gasteiger charge is 2.30. The lowest BCUT2D eigenvalue weighted by molar-refractivity contribution is -0.141. The molecule has 0 saturated heterocycles. The molecule has 1 unspecified atom stereocenters. The first-order valence-electron chi connectivity index (χ1n) is 7.14. The molecule has 0 saturated carbocycles. The van der Waals surface area contributed by atoms with E-state index in [-0.39, 0.29) is 5.73 Å². The lowest BCUT2D eigenvalue weighted by Gasteiger charge is -2.22. The van der Waals surface area contributed by atoms with Gasteiger partial charge in [-0.15, -0.1) is 0 Å². The number of carbonyl (C=O) groups excluding carboxylic acids is 1. The standard InChI is InChI=1S/C14H27O4Si/c1-5-9-11-16-19(17-12-10-6-2)14(8-4)18-13(15)7-3/h7,14H,3,5-6,8-12H2,1-2,4H3. The molecule has 0 bridgehead atoms. The van der Waals surface area contributed by atoms with E-state index in [1.54, 1.807) is 0 Å². The van der Waals surface area contributed by atoms with Gasteiger partial charge in [0.1, 0.15) is 5.73 Å². The lowest BCUT2D eigenvalue weighted by atomic mass is 10.4. The zero-order chi connectivity index (χ0) is 14.5. The summed E-state index contributed by atoms with van der Waals surface area (Å²) >= 11 is 0. The van der Waals surface area contributed by atoms with Crippen LogP contribution in [-0.4, -0.2) is 34.2 Å². The Labute approximate surface area is 119 Å². The second-order valence-electron chi connectivity index (χ2n) is 4.26. The first-order chi connectivity index (χ1) is 9.19. The highest BCUT2D eigenvalue weighted by molar-refractivity contribution is 6.46. The van der Waals surface area contributed by atoms with Gasteiger partial charge in [-0.3, -0.25) is 0 Å². The molecule has 19 heavy (non-hydrogen) atoms. The second kappa shape index (κ2) is 12.4. The molecule has 0 aliphatic rings. The van der Waals surface area contributed by atoms with Crippen LogP contribution in [0.4, 0.5) is 0 Å². The second-order valence-corrected chi connectivity index (χ2v) is 6.12. The number of unbranched alkanes of at least 4 members (excludes halogenated alkanes) is 2. The van der Waals surface area contributed by atoms with Crippen molar-refractivity contribution in [3.63, 3.8) is 0 Å². The number of rotatable bonds is 12. The summed E-state index contributed by atoms with van der Waals surface area (Å²) < 4.78 is 16.9. The van der Waals surface area contributed by atoms with Crippen molar-refractivity contribution in [1.29, 1.82) is 0 Å². The van der Waals surface area contributed by atoms with E-state index < -0.39 is 15.3 Å². The molecule has 0 aromatic carbocycles. The van der Waals surface area contributed by atoms with Crippen molar-refractivity contribution >= 4 is 15.3 Å². The van der Waals surface area contributed by atoms with Gasteiger partial charge in [0.2, 0.25) is 0 Å². The molecule has 4 nitrogen and oxygen atoms in total. The van der Waals surface area contributed by atoms with Crippen molar-refractivity contribution in [2.75, 3.05) is 13.2 Å². The molecule has 0 aromatic rings. The van der Waals surface area contributed by atoms with Gasteiger partial charge in [0.15, 0.2) is 0 Å². The van der Waals surface area contributed by atoms with Crippen LogP contribution < -0.4 is 0 Å². The maximum Gasteiger partial charge on any atom is 0.429 e. The maximum atomic E-state index is 11.3. The molecular weight excluding hydrogens is 260 g/mol. The van der Waals surface area contributed by atoms with Crippen LogP contribution in [-0.2, 0) is 18.4 Å². The molecule has 0 rings (SSSR count). The van der Waals surface area contributed by atoms with Crippen LogP contribution in [0.25, 0.3) is 0 Å². The molecule has 0 aromatic heterocycles. The SMILES string of the molecule is C=CC(=O)OC(CC)[Si](OCCCC)OCCCC. The van der Waals surface area contributed by atoms with Gasteiger partial charge in [-0.2, -0.15) is 0 Å². The van der Waals surface area contributed by atoms with Gasteiger partial charge in [-0.05, 0) is 19.3 Å². The molecule has 1 atom stereocenters. The Balaban J connectivity index is 4.36. The zero-order valence-corrected chi connectivity index (χ0v) is 13.4. The number of hydrogen-bond donors (Lipinski definition) is 0. The molecule has 0 aliphatic heterocycles. The molecule has 1 radical (unpaired) electrons. The average molecular weight is 287 g/mol. The molecule has 0 spiro atoms. The Morgan fingerprint density at radius 3 is 2.05 bits per heavy atom. The van der Waals surface area contributed by atoms with Crippen LogP contribution in [0.1, 0.15) is 52.9 Å². The highest BCUT2D eigenvalue weighted by Crippen LogP contribution is 2.09. The Bertz CT molecular complexity index is 236. The van der Waals surface area contributed by atoms with E-state index in [2.05, 4.69) is 20.4 Å². The van der Waals surface area contributed by atoms with Crippen LogP contribution in [0.3, 0.4) is 0 Å². The fraction of sp³-hybridized carbons (Fsp3) is 0.786. The summed E-state index contributed by atoms with van der Waals surface area (Å²) in [5, 5.41) is 0. The minimum Gasteiger partial charge on any atom is -0.457 e. The van der Waals surface area contributed by atoms with E-state index in [4.69, 9.17) is 13.6 Å². The van der Waals surface area contributed by atoms with Gasteiger partial charge >= 0.3 is 15.3 Å². The number of esters is 1. The third-order valence-electron chi connectivity index (χ3n) is 2.54. The minimum absolute atomic E-state index is 0.274. The van der Waals surface area contributed by atoms with E-state index in [0.29, 0.717) is 19.6 Å². The van der Waals surface area contributed by atoms with Crippen LogP contribution in [0.15, 0.2) is 12.7 Å². The number of hydrogen-bond acceptors (Lipinski definition) is 4. The predicted molar refractivity (Wildman–Crippen MR) is 77.8 cm³/mol. The van der Waals surface area contributed by atoms with E-state index in [9.17, 15) is 4.79 Å². The Morgan fingerprint density at radius 1 is 1.16 bits per heavy atom. The molecule has 0 heterocycles. The topological polar surface area (TPSA) is 44.8 Å². The summed E-state index contributed by atoms with van der Waals surface area (Å²) in [6, 6.07) is 0.